The maximum Gasteiger partial charge on any atom is 0.276 e. The smallest absolute Gasteiger partial charge is 0.276 e. The zero-order valence-electron chi connectivity index (χ0n) is 13.7. The molecule has 1 unspecified atom stereocenters. The largest absolute Gasteiger partial charge is 0.488 e. The highest BCUT2D eigenvalue weighted by molar-refractivity contribution is 5.77. The molecule has 1 aliphatic rings. The van der Waals surface area contributed by atoms with Gasteiger partial charge in [0.1, 0.15) is 17.6 Å². The number of nitro groups is 1. The number of rotatable bonds is 6. The number of nitrogens with zero attached hydrogens (tertiary/aromatic N) is 1. The fourth-order valence-electron chi connectivity index (χ4n) is 2.75. The van der Waals surface area contributed by atoms with E-state index in [1.165, 1.54) is 12.1 Å². The molecular weight excluding hydrogens is 324 g/mol. The number of hydrogen-bond donors (Lipinski definition) is 1. The van der Waals surface area contributed by atoms with E-state index in [1.54, 1.807) is 13.0 Å². The quantitative estimate of drug-likeness (QED) is 0.643. The van der Waals surface area contributed by atoms with Crippen molar-refractivity contribution in [1.29, 1.82) is 0 Å². The lowest BCUT2D eigenvalue weighted by Gasteiger charge is -2.13. The van der Waals surface area contributed by atoms with E-state index in [0.717, 1.165) is 17.7 Å². The van der Waals surface area contributed by atoms with E-state index in [0.29, 0.717) is 17.9 Å². The minimum Gasteiger partial charge on any atom is -0.488 e. The Balaban J connectivity index is 1.48. The van der Waals surface area contributed by atoms with Gasteiger partial charge in [0.2, 0.25) is 0 Å². The Morgan fingerprint density at radius 1 is 1.32 bits per heavy atom. The van der Waals surface area contributed by atoms with E-state index in [4.69, 9.17) is 9.47 Å². The fourth-order valence-corrected chi connectivity index (χ4v) is 2.75. The van der Waals surface area contributed by atoms with Gasteiger partial charge in [0, 0.05) is 12.5 Å². The summed E-state index contributed by atoms with van der Waals surface area (Å²) in [5.41, 5.74) is 1.50. The number of nitrogens with one attached hydrogen (secondary N) is 1. The lowest BCUT2D eigenvalue weighted by molar-refractivity contribution is -0.385. The molecule has 0 saturated heterocycles. The molecule has 0 aromatic heterocycles. The van der Waals surface area contributed by atoms with Crippen molar-refractivity contribution in [1.82, 2.24) is 5.32 Å². The molecule has 2 aromatic carbocycles. The average Bonchev–Trinajstić information content (AvgIpc) is 3.01. The van der Waals surface area contributed by atoms with Gasteiger partial charge in [-0.25, -0.2) is 0 Å². The van der Waals surface area contributed by atoms with Crippen LogP contribution in [0.3, 0.4) is 0 Å². The summed E-state index contributed by atoms with van der Waals surface area (Å²) in [6.07, 6.45) is 0.655. The second-order valence-corrected chi connectivity index (χ2v) is 5.80. The number of hydrogen-bond acceptors (Lipinski definition) is 5. The number of ether oxygens (including phenoxy) is 2. The molecular formula is C18H18N2O5. The number of amides is 1. The minimum absolute atomic E-state index is 0.0324. The SMILES string of the molecule is Cc1c(OCC(=O)NCC2Cc3ccccc3O2)cccc1[N+](=O)[O-]. The first-order valence-corrected chi connectivity index (χ1v) is 7.92. The summed E-state index contributed by atoms with van der Waals surface area (Å²) in [6.45, 7) is 1.77. The van der Waals surface area contributed by atoms with E-state index >= 15 is 0 Å². The molecule has 1 heterocycles. The van der Waals surface area contributed by atoms with E-state index < -0.39 is 4.92 Å². The topological polar surface area (TPSA) is 90.7 Å². The highest BCUT2D eigenvalue weighted by Gasteiger charge is 2.22. The molecule has 7 nitrogen and oxygen atoms in total. The third-order valence-electron chi connectivity index (χ3n) is 4.05. The first kappa shape index (κ1) is 16.8. The van der Waals surface area contributed by atoms with Gasteiger partial charge in [0.15, 0.2) is 6.61 Å². The highest BCUT2D eigenvalue weighted by atomic mass is 16.6. The fraction of sp³-hybridized carbons (Fsp3) is 0.278. The standard InChI is InChI=1S/C18H18N2O5/c1-12-15(20(22)23)6-4-8-16(12)24-11-18(21)19-10-14-9-13-5-2-3-7-17(13)25-14/h2-8,14H,9-11H2,1H3,(H,19,21). The van der Waals surface area contributed by atoms with Crippen LogP contribution in [-0.4, -0.2) is 30.1 Å². The lowest BCUT2D eigenvalue weighted by Crippen LogP contribution is -2.37. The molecule has 1 amide bonds. The van der Waals surface area contributed by atoms with Crippen molar-refractivity contribution in [2.45, 2.75) is 19.4 Å². The van der Waals surface area contributed by atoms with Crippen LogP contribution in [0.15, 0.2) is 42.5 Å². The summed E-state index contributed by atoms with van der Waals surface area (Å²) in [4.78, 5) is 22.4. The molecule has 0 spiro atoms. The van der Waals surface area contributed by atoms with Gasteiger partial charge in [-0.15, -0.1) is 0 Å². The molecule has 7 heteroatoms. The van der Waals surface area contributed by atoms with Crippen molar-refractivity contribution in [3.8, 4) is 11.5 Å². The van der Waals surface area contributed by atoms with Gasteiger partial charge in [0.05, 0.1) is 17.0 Å². The second kappa shape index (κ2) is 7.21. The minimum atomic E-state index is -0.475. The van der Waals surface area contributed by atoms with E-state index in [2.05, 4.69) is 5.32 Å². The molecule has 0 bridgehead atoms. The highest BCUT2D eigenvalue weighted by Crippen LogP contribution is 2.28. The van der Waals surface area contributed by atoms with Crippen LogP contribution in [0, 0.1) is 17.0 Å². The zero-order valence-corrected chi connectivity index (χ0v) is 13.7. The van der Waals surface area contributed by atoms with Crippen molar-refractivity contribution in [2.24, 2.45) is 0 Å². The van der Waals surface area contributed by atoms with Crippen LogP contribution in [0.2, 0.25) is 0 Å². The van der Waals surface area contributed by atoms with Crippen molar-refractivity contribution >= 4 is 11.6 Å². The molecule has 0 saturated carbocycles. The van der Waals surface area contributed by atoms with Crippen molar-refractivity contribution < 1.29 is 19.2 Å². The van der Waals surface area contributed by atoms with Crippen LogP contribution < -0.4 is 14.8 Å². The van der Waals surface area contributed by atoms with Crippen LogP contribution in [0.5, 0.6) is 11.5 Å². The van der Waals surface area contributed by atoms with Crippen LogP contribution in [0.1, 0.15) is 11.1 Å². The van der Waals surface area contributed by atoms with Crippen molar-refractivity contribution in [3.63, 3.8) is 0 Å². The molecule has 1 atom stereocenters. The molecule has 0 fully saturated rings. The first-order chi connectivity index (χ1) is 12.0. The maximum atomic E-state index is 12.0. The maximum absolute atomic E-state index is 12.0. The summed E-state index contributed by atoms with van der Waals surface area (Å²) in [5, 5.41) is 13.7. The molecule has 25 heavy (non-hydrogen) atoms. The van der Waals surface area contributed by atoms with Gasteiger partial charge in [-0.2, -0.15) is 0 Å². The van der Waals surface area contributed by atoms with E-state index in [-0.39, 0.29) is 24.3 Å². The van der Waals surface area contributed by atoms with E-state index in [9.17, 15) is 14.9 Å². The Hall–Kier alpha value is -3.09. The summed E-state index contributed by atoms with van der Waals surface area (Å²) < 4.78 is 11.2. The Labute approximate surface area is 144 Å². The van der Waals surface area contributed by atoms with Gasteiger partial charge in [-0.05, 0) is 24.6 Å². The normalized spacial score (nSPS) is 15.2. The average molecular weight is 342 g/mol. The van der Waals surface area contributed by atoms with Gasteiger partial charge >= 0.3 is 0 Å². The number of benzene rings is 2. The van der Waals surface area contributed by atoms with E-state index in [1.807, 2.05) is 24.3 Å². The summed E-state index contributed by atoms with van der Waals surface area (Å²) in [6, 6.07) is 12.3. The Bertz CT molecular complexity index is 781. The van der Waals surface area contributed by atoms with Crippen LogP contribution in [0.25, 0.3) is 0 Å². The summed E-state index contributed by atoms with van der Waals surface area (Å²) in [7, 11) is 0. The predicted octanol–water partition coefficient (Wildman–Crippen LogP) is 2.40. The monoisotopic (exact) mass is 342 g/mol. The molecule has 1 N–H and O–H groups in total. The third kappa shape index (κ3) is 3.88. The number of para-hydroxylation sites is 1. The van der Waals surface area contributed by atoms with Crippen LogP contribution in [0.4, 0.5) is 5.69 Å². The van der Waals surface area contributed by atoms with Gasteiger partial charge in [0.25, 0.3) is 11.6 Å². The number of nitro benzene ring substituents is 1. The van der Waals surface area contributed by atoms with Crippen LogP contribution >= 0.6 is 0 Å². The Morgan fingerprint density at radius 3 is 2.88 bits per heavy atom. The molecule has 2 aromatic rings. The van der Waals surface area contributed by atoms with Crippen LogP contribution in [-0.2, 0) is 11.2 Å². The molecule has 130 valence electrons. The summed E-state index contributed by atoms with van der Waals surface area (Å²) in [5.74, 6) is 0.879. The number of carbonyl (C=O) groups excluding carboxylic acids is 1. The molecule has 0 radical (unpaired) electrons. The Kier molecular flexibility index (Phi) is 4.83. The predicted molar refractivity (Wildman–Crippen MR) is 90.9 cm³/mol. The lowest BCUT2D eigenvalue weighted by atomic mass is 10.1. The van der Waals surface area contributed by atoms with Gasteiger partial charge in [-0.3, -0.25) is 14.9 Å². The van der Waals surface area contributed by atoms with Crippen molar-refractivity contribution in [3.05, 3.63) is 63.7 Å². The van der Waals surface area contributed by atoms with Gasteiger partial charge < -0.3 is 14.8 Å². The zero-order chi connectivity index (χ0) is 17.8. The number of fused-ring (bicyclic) bond motifs is 1. The second-order valence-electron chi connectivity index (χ2n) is 5.80. The molecule has 1 aliphatic heterocycles. The third-order valence-corrected chi connectivity index (χ3v) is 4.05. The summed E-state index contributed by atoms with van der Waals surface area (Å²) >= 11 is 0. The Morgan fingerprint density at radius 2 is 2.12 bits per heavy atom. The van der Waals surface area contributed by atoms with Gasteiger partial charge in [-0.1, -0.05) is 24.3 Å². The van der Waals surface area contributed by atoms with Crippen molar-refractivity contribution in [2.75, 3.05) is 13.2 Å². The molecule has 0 aliphatic carbocycles. The molecule has 3 rings (SSSR count). The number of carbonyl (C=O) groups is 1. The first-order valence-electron chi connectivity index (χ1n) is 7.92.